The molecule has 29 heavy (non-hydrogen) atoms. The molecule has 1 saturated carbocycles. The molecule has 0 bridgehead atoms. The molecule has 2 aromatic rings. The minimum Gasteiger partial charge on any atom is -0.340 e. The molecule has 2 atom stereocenters. The van der Waals surface area contributed by atoms with E-state index < -0.39 is 0 Å². The Kier molecular flexibility index (Phi) is 5.26. The second-order valence-corrected chi connectivity index (χ2v) is 8.29. The van der Waals surface area contributed by atoms with Crippen LogP contribution in [-0.4, -0.2) is 46.9 Å². The summed E-state index contributed by atoms with van der Waals surface area (Å²) in [4.78, 5) is 33.4. The number of rotatable bonds is 5. The van der Waals surface area contributed by atoms with Crippen molar-refractivity contribution in [2.24, 2.45) is 11.3 Å². The number of hydrogen-bond donors (Lipinski definition) is 1. The third-order valence-electron chi connectivity index (χ3n) is 6.28. The minimum absolute atomic E-state index is 0.0119. The third-order valence-corrected chi connectivity index (χ3v) is 6.28. The van der Waals surface area contributed by atoms with Gasteiger partial charge in [0.25, 0.3) is 0 Å². The highest BCUT2D eigenvalue weighted by Gasteiger charge is 2.61. The molecular formula is C23H28N4O2. The first-order chi connectivity index (χ1) is 14.0. The molecule has 1 aliphatic carbocycles. The largest absolute Gasteiger partial charge is 0.340 e. The van der Waals surface area contributed by atoms with Gasteiger partial charge in [-0.25, -0.2) is 4.79 Å². The Hall–Kier alpha value is -2.89. The maximum atomic E-state index is 12.9. The van der Waals surface area contributed by atoms with Crippen molar-refractivity contribution in [1.29, 1.82) is 0 Å². The maximum Gasteiger partial charge on any atom is 0.321 e. The summed E-state index contributed by atoms with van der Waals surface area (Å²) in [6, 6.07) is 13.6. The molecule has 3 amide bonds. The lowest BCUT2D eigenvalue weighted by atomic mass is 10.0. The summed E-state index contributed by atoms with van der Waals surface area (Å²) in [5, 5.41) is 2.98. The first-order valence-corrected chi connectivity index (χ1v) is 10.3. The number of amides is 3. The van der Waals surface area contributed by atoms with Crippen LogP contribution in [0.2, 0.25) is 0 Å². The van der Waals surface area contributed by atoms with Crippen molar-refractivity contribution in [2.45, 2.75) is 32.7 Å². The average molecular weight is 393 g/mol. The Morgan fingerprint density at radius 1 is 1.24 bits per heavy atom. The molecule has 1 aliphatic heterocycles. The second kappa shape index (κ2) is 7.85. The Morgan fingerprint density at radius 3 is 2.72 bits per heavy atom. The van der Waals surface area contributed by atoms with Gasteiger partial charge in [0.2, 0.25) is 5.91 Å². The SMILES string of the molecule is CCc1ccc(NC(=O)N2CC[C@@]3(C[C@@H]3C(=O)N(C)Cc3ccccn3)C2)cc1. The van der Waals surface area contributed by atoms with Crippen molar-refractivity contribution in [3.8, 4) is 0 Å². The molecule has 2 heterocycles. The van der Waals surface area contributed by atoms with Crippen molar-refractivity contribution < 1.29 is 9.59 Å². The van der Waals surface area contributed by atoms with E-state index in [0.29, 0.717) is 19.6 Å². The number of aryl methyl sites for hydroxylation is 1. The number of anilines is 1. The van der Waals surface area contributed by atoms with Crippen LogP contribution < -0.4 is 5.32 Å². The quantitative estimate of drug-likeness (QED) is 0.846. The smallest absolute Gasteiger partial charge is 0.321 e. The molecule has 1 saturated heterocycles. The molecule has 6 nitrogen and oxygen atoms in total. The molecule has 1 aromatic heterocycles. The van der Waals surface area contributed by atoms with Crippen LogP contribution in [0.25, 0.3) is 0 Å². The van der Waals surface area contributed by atoms with Crippen LogP contribution in [0, 0.1) is 11.3 Å². The van der Waals surface area contributed by atoms with Crippen molar-refractivity contribution in [1.82, 2.24) is 14.8 Å². The first kappa shape index (κ1) is 19.4. The van der Waals surface area contributed by atoms with Crippen LogP contribution in [0.3, 0.4) is 0 Å². The van der Waals surface area contributed by atoms with Gasteiger partial charge in [0.05, 0.1) is 12.2 Å². The molecule has 4 rings (SSSR count). The molecule has 6 heteroatoms. The molecule has 2 fully saturated rings. The highest BCUT2D eigenvalue weighted by Crippen LogP contribution is 2.59. The molecular weight excluding hydrogens is 364 g/mol. The number of hydrogen-bond acceptors (Lipinski definition) is 3. The van der Waals surface area contributed by atoms with Gasteiger partial charge in [-0.2, -0.15) is 0 Å². The molecule has 1 N–H and O–H groups in total. The van der Waals surface area contributed by atoms with Crippen LogP contribution in [0.1, 0.15) is 31.0 Å². The fourth-order valence-corrected chi connectivity index (χ4v) is 4.32. The number of carbonyl (C=O) groups is 2. The van der Waals surface area contributed by atoms with Gasteiger partial charge in [-0.1, -0.05) is 25.1 Å². The lowest BCUT2D eigenvalue weighted by Crippen LogP contribution is -2.34. The fourth-order valence-electron chi connectivity index (χ4n) is 4.32. The summed E-state index contributed by atoms with van der Waals surface area (Å²) in [6.45, 7) is 3.98. The van der Waals surface area contributed by atoms with E-state index in [-0.39, 0.29) is 23.3 Å². The molecule has 2 aliphatic rings. The number of nitrogens with one attached hydrogen (secondary N) is 1. The zero-order valence-corrected chi connectivity index (χ0v) is 17.1. The Morgan fingerprint density at radius 2 is 2.03 bits per heavy atom. The van der Waals surface area contributed by atoms with E-state index in [2.05, 4.69) is 17.2 Å². The number of urea groups is 1. The van der Waals surface area contributed by atoms with Gasteiger partial charge in [0.15, 0.2) is 0 Å². The Labute approximate surface area is 171 Å². The molecule has 152 valence electrons. The van der Waals surface area contributed by atoms with Crippen LogP contribution in [0.15, 0.2) is 48.7 Å². The summed E-state index contributed by atoms with van der Waals surface area (Å²) < 4.78 is 0. The fraction of sp³-hybridized carbons (Fsp3) is 0.435. The van der Waals surface area contributed by atoms with Gasteiger partial charge in [0.1, 0.15) is 0 Å². The number of benzene rings is 1. The topological polar surface area (TPSA) is 65.5 Å². The van der Waals surface area contributed by atoms with E-state index >= 15 is 0 Å². The second-order valence-electron chi connectivity index (χ2n) is 8.29. The predicted molar refractivity (Wildman–Crippen MR) is 112 cm³/mol. The first-order valence-electron chi connectivity index (χ1n) is 10.3. The zero-order valence-electron chi connectivity index (χ0n) is 17.1. The normalized spacial score (nSPS) is 22.6. The molecule has 0 unspecified atom stereocenters. The van der Waals surface area contributed by atoms with Gasteiger partial charge in [-0.05, 0) is 49.1 Å². The number of likely N-dealkylation sites (tertiary alicyclic amines) is 1. The van der Waals surface area contributed by atoms with Gasteiger partial charge >= 0.3 is 6.03 Å². The van der Waals surface area contributed by atoms with Crippen LogP contribution in [0.4, 0.5) is 10.5 Å². The van der Waals surface area contributed by atoms with Gasteiger partial charge in [-0.3, -0.25) is 9.78 Å². The van der Waals surface area contributed by atoms with Crippen molar-refractivity contribution >= 4 is 17.6 Å². The van der Waals surface area contributed by atoms with Crippen molar-refractivity contribution in [2.75, 3.05) is 25.5 Å². The van der Waals surface area contributed by atoms with E-state index in [4.69, 9.17) is 0 Å². The van der Waals surface area contributed by atoms with E-state index in [9.17, 15) is 9.59 Å². The van der Waals surface area contributed by atoms with Crippen LogP contribution in [-0.2, 0) is 17.8 Å². The van der Waals surface area contributed by atoms with E-state index in [1.54, 1.807) is 11.1 Å². The third kappa shape index (κ3) is 4.11. The Balaban J connectivity index is 1.31. The van der Waals surface area contributed by atoms with E-state index in [1.807, 2.05) is 54.4 Å². The average Bonchev–Trinajstić information content (AvgIpc) is 3.27. The van der Waals surface area contributed by atoms with E-state index in [1.165, 1.54) is 5.56 Å². The lowest BCUT2D eigenvalue weighted by Gasteiger charge is -2.20. The maximum absolute atomic E-state index is 12.9. The molecule has 1 spiro atoms. The number of carbonyl (C=O) groups excluding carboxylic acids is 2. The summed E-state index contributed by atoms with van der Waals surface area (Å²) in [5.41, 5.74) is 2.90. The zero-order chi connectivity index (χ0) is 20.4. The number of nitrogens with zero attached hydrogens (tertiary/aromatic N) is 3. The summed E-state index contributed by atoms with van der Waals surface area (Å²) >= 11 is 0. The Bertz CT molecular complexity index is 884. The predicted octanol–water partition coefficient (Wildman–Crippen LogP) is 3.55. The molecule has 1 aromatic carbocycles. The van der Waals surface area contributed by atoms with Gasteiger partial charge in [-0.15, -0.1) is 0 Å². The van der Waals surface area contributed by atoms with Crippen molar-refractivity contribution in [3.63, 3.8) is 0 Å². The summed E-state index contributed by atoms with van der Waals surface area (Å²) in [6.07, 6.45) is 4.49. The summed E-state index contributed by atoms with van der Waals surface area (Å²) in [7, 11) is 1.84. The monoisotopic (exact) mass is 392 g/mol. The van der Waals surface area contributed by atoms with Gasteiger partial charge < -0.3 is 15.1 Å². The number of pyridine rings is 1. The van der Waals surface area contributed by atoms with Crippen LogP contribution in [0.5, 0.6) is 0 Å². The highest BCUT2D eigenvalue weighted by atomic mass is 16.2. The highest BCUT2D eigenvalue weighted by molar-refractivity contribution is 5.90. The lowest BCUT2D eigenvalue weighted by molar-refractivity contribution is -0.132. The van der Waals surface area contributed by atoms with E-state index in [0.717, 1.165) is 30.6 Å². The summed E-state index contributed by atoms with van der Waals surface area (Å²) in [5.74, 6) is 0.172. The van der Waals surface area contributed by atoms with Crippen LogP contribution >= 0.6 is 0 Å². The van der Waals surface area contributed by atoms with Crippen molar-refractivity contribution in [3.05, 3.63) is 59.9 Å². The standard InChI is InChI=1S/C23H28N4O2/c1-3-17-7-9-18(10-8-17)25-22(29)27-13-11-23(16-27)14-20(23)21(28)26(2)15-19-6-4-5-12-24-19/h4-10,12,20H,3,11,13-16H2,1-2H3,(H,25,29)/t20-,23-/m1/s1. The molecule has 0 radical (unpaired) electrons. The minimum atomic E-state index is -0.0777. The number of aromatic nitrogens is 1. The van der Waals surface area contributed by atoms with Gasteiger partial charge in [0, 0.05) is 43.4 Å².